The molecule has 0 amide bonds. The highest BCUT2D eigenvalue weighted by atomic mass is 79.9. The van der Waals surface area contributed by atoms with Crippen molar-refractivity contribution in [2.24, 2.45) is 5.92 Å². The van der Waals surface area contributed by atoms with Crippen molar-refractivity contribution in [3.05, 3.63) is 29.8 Å². The van der Waals surface area contributed by atoms with Crippen molar-refractivity contribution < 1.29 is 0 Å². The van der Waals surface area contributed by atoms with E-state index in [-0.39, 0.29) is 0 Å². The first-order chi connectivity index (χ1) is 7.19. The maximum atomic E-state index is 3.55. The second-order valence-electron chi connectivity index (χ2n) is 4.19. The summed E-state index contributed by atoms with van der Waals surface area (Å²) in [4.78, 5) is 2.45. The predicted molar refractivity (Wildman–Crippen MR) is 71.8 cm³/mol. The van der Waals surface area contributed by atoms with Gasteiger partial charge in [-0.1, -0.05) is 48.0 Å². The standard InChI is InChI=1S/C13H20BrN/c1-4-15(10-11(2)3)13-8-6-5-7-12(13)9-14/h5-8,11H,4,9-10H2,1-3H3. The van der Waals surface area contributed by atoms with E-state index in [9.17, 15) is 0 Å². The van der Waals surface area contributed by atoms with Crippen LogP contribution in [0.3, 0.4) is 0 Å². The van der Waals surface area contributed by atoms with Gasteiger partial charge in [-0.2, -0.15) is 0 Å². The third-order valence-corrected chi connectivity index (χ3v) is 3.05. The summed E-state index contributed by atoms with van der Waals surface area (Å²) in [6.07, 6.45) is 0. The summed E-state index contributed by atoms with van der Waals surface area (Å²) >= 11 is 3.55. The molecule has 84 valence electrons. The molecule has 1 aromatic rings. The predicted octanol–water partition coefficient (Wildman–Crippen LogP) is 4.06. The van der Waals surface area contributed by atoms with Crippen molar-refractivity contribution in [2.75, 3.05) is 18.0 Å². The van der Waals surface area contributed by atoms with Gasteiger partial charge < -0.3 is 4.90 Å². The number of para-hydroxylation sites is 1. The molecule has 0 saturated heterocycles. The monoisotopic (exact) mass is 269 g/mol. The molecule has 15 heavy (non-hydrogen) atoms. The van der Waals surface area contributed by atoms with Crippen LogP contribution in [0, 0.1) is 5.92 Å². The summed E-state index contributed by atoms with van der Waals surface area (Å²) in [6.45, 7) is 8.94. The number of hydrogen-bond donors (Lipinski definition) is 0. The van der Waals surface area contributed by atoms with Crippen LogP contribution in [0.2, 0.25) is 0 Å². The van der Waals surface area contributed by atoms with Crippen LogP contribution in [0.1, 0.15) is 26.3 Å². The van der Waals surface area contributed by atoms with Gasteiger partial charge in [-0.3, -0.25) is 0 Å². The van der Waals surface area contributed by atoms with Gasteiger partial charge in [0, 0.05) is 24.1 Å². The maximum absolute atomic E-state index is 3.55. The summed E-state index contributed by atoms with van der Waals surface area (Å²) in [5, 5.41) is 0.928. The summed E-state index contributed by atoms with van der Waals surface area (Å²) < 4.78 is 0. The fourth-order valence-electron chi connectivity index (χ4n) is 1.77. The minimum absolute atomic E-state index is 0.702. The normalized spacial score (nSPS) is 10.7. The number of rotatable bonds is 5. The molecule has 0 aliphatic heterocycles. The van der Waals surface area contributed by atoms with Crippen LogP contribution in [-0.2, 0) is 5.33 Å². The number of hydrogen-bond acceptors (Lipinski definition) is 1. The van der Waals surface area contributed by atoms with Crippen molar-refractivity contribution >= 4 is 21.6 Å². The Bertz CT molecular complexity index is 296. The Morgan fingerprint density at radius 3 is 2.47 bits per heavy atom. The zero-order valence-corrected chi connectivity index (χ0v) is 11.4. The van der Waals surface area contributed by atoms with E-state index < -0.39 is 0 Å². The topological polar surface area (TPSA) is 3.24 Å². The molecule has 2 heteroatoms. The molecule has 1 nitrogen and oxygen atoms in total. The highest BCUT2D eigenvalue weighted by Gasteiger charge is 2.09. The third-order valence-electron chi connectivity index (χ3n) is 2.44. The van der Waals surface area contributed by atoms with Gasteiger partial charge in [0.25, 0.3) is 0 Å². The zero-order valence-electron chi connectivity index (χ0n) is 9.83. The van der Waals surface area contributed by atoms with Gasteiger partial charge in [-0.15, -0.1) is 0 Å². The molecule has 1 aromatic carbocycles. The van der Waals surface area contributed by atoms with Crippen molar-refractivity contribution in [2.45, 2.75) is 26.1 Å². The quantitative estimate of drug-likeness (QED) is 0.729. The molecule has 0 fully saturated rings. The average molecular weight is 270 g/mol. The summed E-state index contributed by atoms with van der Waals surface area (Å²) in [7, 11) is 0. The van der Waals surface area contributed by atoms with Crippen molar-refractivity contribution in [3.63, 3.8) is 0 Å². The molecule has 0 saturated carbocycles. The smallest absolute Gasteiger partial charge is 0.0407 e. The molecule has 0 aliphatic rings. The van der Waals surface area contributed by atoms with E-state index in [2.05, 4.69) is 65.9 Å². The first-order valence-corrected chi connectivity index (χ1v) is 6.70. The Morgan fingerprint density at radius 1 is 1.27 bits per heavy atom. The van der Waals surface area contributed by atoms with Crippen LogP contribution >= 0.6 is 15.9 Å². The van der Waals surface area contributed by atoms with E-state index in [1.807, 2.05) is 0 Å². The van der Waals surface area contributed by atoms with Gasteiger partial charge in [0.1, 0.15) is 0 Å². The molecule has 1 rings (SSSR count). The largest absolute Gasteiger partial charge is 0.371 e. The lowest BCUT2D eigenvalue weighted by atomic mass is 10.1. The van der Waals surface area contributed by atoms with Crippen LogP contribution in [0.5, 0.6) is 0 Å². The lowest BCUT2D eigenvalue weighted by molar-refractivity contribution is 0.618. The van der Waals surface area contributed by atoms with E-state index in [1.165, 1.54) is 11.3 Å². The molecule has 0 atom stereocenters. The van der Waals surface area contributed by atoms with Gasteiger partial charge in [-0.05, 0) is 24.5 Å². The SMILES string of the molecule is CCN(CC(C)C)c1ccccc1CBr. The lowest BCUT2D eigenvalue weighted by Crippen LogP contribution is -2.27. The fraction of sp³-hybridized carbons (Fsp3) is 0.538. The second-order valence-corrected chi connectivity index (χ2v) is 4.76. The van der Waals surface area contributed by atoms with Crippen LogP contribution in [0.4, 0.5) is 5.69 Å². The minimum Gasteiger partial charge on any atom is -0.371 e. The summed E-state index contributed by atoms with van der Waals surface area (Å²) in [6, 6.07) is 8.61. The third kappa shape index (κ3) is 3.53. The Balaban J connectivity index is 2.90. The number of alkyl halides is 1. The average Bonchev–Trinajstić information content (AvgIpc) is 2.25. The Kier molecular flexibility index (Phi) is 5.16. The molecule has 0 aliphatic carbocycles. The van der Waals surface area contributed by atoms with Gasteiger partial charge in [-0.25, -0.2) is 0 Å². The molecule has 0 aromatic heterocycles. The van der Waals surface area contributed by atoms with Crippen molar-refractivity contribution in [3.8, 4) is 0 Å². The highest BCUT2D eigenvalue weighted by molar-refractivity contribution is 9.08. The Hall–Kier alpha value is -0.500. The van der Waals surface area contributed by atoms with Gasteiger partial charge in [0.05, 0.1) is 0 Å². The van der Waals surface area contributed by atoms with E-state index in [1.54, 1.807) is 0 Å². The summed E-state index contributed by atoms with van der Waals surface area (Å²) in [5.74, 6) is 0.702. The van der Waals surface area contributed by atoms with Crippen molar-refractivity contribution in [1.82, 2.24) is 0 Å². The molecule has 0 unspecified atom stereocenters. The van der Waals surface area contributed by atoms with Crippen molar-refractivity contribution in [1.29, 1.82) is 0 Å². The number of nitrogens with zero attached hydrogens (tertiary/aromatic N) is 1. The van der Waals surface area contributed by atoms with E-state index in [4.69, 9.17) is 0 Å². The number of halogens is 1. The minimum atomic E-state index is 0.702. The van der Waals surface area contributed by atoms with E-state index in [0.717, 1.165) is 18.4 Å². The lowest BCUT2D eigenvalue weighted by Gasteiger charge is -2.27. The summed E-state index contributed by atoms with van der Waals surface area (Å²) in [5.41, 5.74) is 2.74. The van der Waals surface area contributed by atoms with Gasteiger partial charge >= 0.3 is 0 Å². The molecular weight excluding hydrogens is 250 g/mol. The molecule has 0 radical (unpaired) electrons. The Labute approximate surface area is 102 Å². The molecule has 0 spiro atoms. The van der Waals surface area contributed by atoms with Crippen LogP contribution in [0.25, 0.3) is 0 Å². The van der Waals surface area contributed by atoms with Crippen LogP contribution < -0.4 is 4.90 Å². The first-order valence-electron chi connectivity index (χ1n) is 5.57. The van der Waals surface area contributed by atoms with E-state index >= 15 is 0 Å². The van der Waals surface area contributed by atoms with Crippen LogP contribution in [0.15, 0.2) is 24.3 Å². The molecular formula is C13H20BrN. The molecule has 0 N–H and O–H groups in total. The first kappa shape index (κ1) is 12.6. The van der Waals surface area contributed by atoms with Crippen LogP contribution in [-0.4, -0.2) is 13.1 Å². The van der Waals surface area contributed by atoms with E-state index in [0.29, 0.717) is 5.92 Å². The fourth-order valence-corrected chi connectivity index (χ4v) is 2.25. The second kappa shape index (κ2) is 6.16. The molecule has 0 heterocycles. The molecule has 0 bridgehead atoms. The highest BCUT2D eigenvalue weighted by Crippen LogP contribution is 2.23. The Morgan fingerprint density at radius 2 is 1.93 bits per heavy atom. The van der Waals surface area contributed by atoms with Gasteiger partial charge in [0.2, 0.25) is 0 Å². The number of anilines is 1. The van der Waals surface area contributed by atoms with Gasteiger partial charge in [0.15, 0.2) is 0 Å². The maximum Gasteiger partial charge on any atom is 0.0407 e. The number of benzene rings is 1. The zero-order chi connectivity index (χ0) is 11.3.